The van der Waals surface area contributed by atoms with Gasteiger partial charge in [-0.05, 0) is 30.2 Å². The predicted molar refractivity (Wildman–Crippen MR) is 144 cm³/mol. The highest BCUT2D eigenvalue weighted by molar-refractivity contribution is 5.46. The van der Waals surface area contributed by atoms with Crippen LogP contribution in [0.1, 0.15) is 16.7 Å². The molecule has 0 atom stereocenters. The van der Waals surface area contributed by atoms with Crippen LogP contribution in [0.15, 0.2) is 42.5 Å². The molecule has 0 saturated heterocycles. The Bertz CT molecular complexity index is 1080. The normalized spacial score (nSPS) is 10.7. The fourth-order valence-electron chi connectivity index (χ4n) is 3.31. The van der Waals surface area contributed by atoms with Crippen LogP contribution < -0.4 is 31.2 Å². The summed E-state index contributed by atoms with van der Waals surface area (Å²) >= 11 is 0. The van der Waals surface area contributed by atoms with Gasteiger partial charge in [0.2, 0.25) is 17.8 Å². The molecule has 0 aliphatic rings. The molecule has 1 heterocycles. The van der Waals surface area contributed by atoms with Crippen LogP contribution in [0, 0.1) is 6.92 Å². The van der Waals surface area contributed by atoms with E-state index in [0.29, 0.717) is 82.0 Å². The first-order valence-electron chi connectivity index (χ1n) is 12.2. The van der Waals surface area contributed by atoms with Crippen molar-refractivity contribution in [2.75, 3.05) is 69.7 Å². The van der Waals surface area contributed by atoms with Crippen LogP contribution in [-0.4, -0.2) is 68.7 Å². The monoisotopic (exact) mass is 511 g/mol. The number of ether oxygens (including phenoxy) is 4. The van der Waals surface area contributed by atoms with Gasteiger partial charge in [0.25, 0.3) is 0 Å². The average molecular weight is 512 g/mol. The van der Waals surface area contributed by atoms with Gasteiger partial charge in [0.15, 0.2) is 11.5 Å². The van der Waals surface area contributed by atoms with Gasteiger partial charge in [0.05, 0.1) is 40.6 Å². The number of nitrogens with zero attached hydrogens (tertiary/aromatic N) is 3. The van der Waals surface area contributed by atoms with Gasteiger partial charge in [-0.25, -0.2) is 0 Å². The third kappa shape index (κ3) is 9.71. The summed E-state index contributed by atoms with van der Waals surface area (Å²) in [5.41, 5.74) is 8.74. The number of aryl methyl sites for hydroxylation is 1. The maximum absolute atomic E-state index is 5.57. The lowest BCUT2D eigenvalue weighted by atomic mass is 10.1. The Morgan fingerprint density at radius 3 is 1.86 bits per heavy atom. The maximum Gasteiger partial charge on any atom is 0.229 e. The van der Waals surface area contributed by atoms with Gasteiger partial charge in [0.1, 0.15) is 0 Å². The summed E-state index contributed by atoms with van der Waals surface area (Å²) in [4.78, 5) is 13.6. The van der Waals surface area contributed by atoms with Gasteiger partial charge in [0, 0.05) is 26.2 Å². The fourth-order valence-corrected chi connectivity index (χ4v) is 3.31. The Labute approximate surface area is 218 Å². The van der Waals surface area contributed by atoms with Gasteiger partial charge in [-0.15, -0.1) is 0 Å². The van der Waals surface area contributed by atoms with Gasteiger partial charge in [-0.3, -0.25) is 0 Å². The van der Waals surface area contributed by atoms with Crippen molar-refractivity contribution in [1.82, 2.24) is 15.0 Å². The van der Waals surface area contributed by atoms with Crippen molar-refractivity contribution in [2.45, 2.75) is 20.0 Å². The van der Waals surface area contributed by atoms with E-state index in [1.165, 1.54) is 5.56 Å². The molecule has 1 aromatic heterocycles. The molecule has 5 N–H and O–H groups in total. The van der Waals surface area contributed by atoms with E-state index < -0.39 is 0 Å². The number of aromatic nitrogens is 3. The summed E-state index contributed by atoms with van der Waals surface area (Å²) in [6.07, 6.45) is 0. The van der Waals surface area contributed by atoms with E-state index in [9.17, 15) is 0 Å². The summed E-state index contributed by atoms with van der Waals surface area (Å²) in [7, 11) is 3.23. The molecule has 0 radical (unpaired) electrons. The first-order valence-corrected chi connectivity index (χ1v) is 12.2. The number of anilines is 3. The van der Waals surface area contributed by atoms with Crippen LogP contribution in [0.3, 0.4) is 0 Å². The molecular weight excluding hydrogens is 474 g/mol. The minimum Gasteiger partial charge on any atom is -0.493 e. The molecule has 0 fully saturated rings. The van der Waals surface area contributed by atoms with Crippen molar-refractivity contribution < 1.29 is 18.9 Å². The SMILES string of the molecule is COc1ccc(CNc2nc(NCCOCCOCCN)nc(NCc3ccc(C)cc3)n2)cc1OC. The van der Waals surface area contributed by atoms with Crippen molar-refractivity contribution in [3.05, 3.63) is 59.2 Å². The Morgan fingerprint density at radius 2 is 1.24 bits per heavy atom. The van der Waals surface area contributed by atoms with Gasteiger partial charge < -0.3 is 40.6 Å². The first-order chi connectivity index (χ1) is 18.1. The number of hydrogen-bond acceptors (Lipinski definition) is 11. The fraction of sp³-hybridized carbons (Fsp3) is 0.423. The van der Waals surface area contributed by atoms with E-state index in [-0.39, 0.29) is 0 Å². The van der Waals surface area contributed by atoms with Crippen LogP contribution in [0.5, 0.6) is 11.5 Å². The lowest BCUT2D eigenvalue weighted by Gasteiger charge is -2.13. The summed E-state index contributed by atoms with van der Waals surface area (Å²) in [5, 5.41) is 9.76. The summed E-state index contributed by atoms with van der Waals surface area (Å²) in [5.74, 6) is 2.68. The maximum atomic E-state index is 5.57. The van der Waals surface area contributed by atoms with Crippen molar-refractivity contribution >= 4 is 17.8 Å². The Morgan fingerprint density at radius 1 is 0.676 bits per heavy atom. The lowest BCUT2D eigenvalue weighted by Crippen LogP contribution is -2.17. The number of hydrogen-bond donors (Lipinski definition) is 4. The molecule has 37 heavy (non-hydrogen) atoms. The zero-order chi connectivity index (χ0) is 26.3. The average Bonchev–Trinajstić information content (AvgIpc) is 2.92. The number of nitrogens with two attached hydrogens (primary N) is 1. The minimum atomic E-state index is 0.440. The van der Waals surface area contributed by atoms with E-state index in [0.717, 1.165) is 11.1 Å². The molecule has 11 heteroatoms. The predicted octanol–water partition coefficient (Wildman–Crippen LogP) is 2.83. The molecule has 0 aliphatic heterocycles. The van der Waals surface area contributed by atoms with Crippen molar-refractivity contribution in [2.24, 2.45) is 5.73 Å². The molecule has 0 bridgehead atoms. The molecule has 200 valence electrons. The van der Waals surface area contributed by atoms with Gasteiger partial charge in [-0.1, -0.05) is 35.9 Å². The summed E-state index contributed by atoms with van der Waals surface area (Å²) < 4.78 is 21.6. The van der Waals surface area contributed by atoms with Gasteiger partial charge >= 0.3 is 0 Å². The van der Waals surface area contributed by atoms with Crippen LogP contribution >= 0.6 is 0 Å². The van der Waals surface area contributed by atoms with Crippen molar-refractivity contribution in [1.29, 1.82) is 0 Å². The molecule has 0 amide bonds. The number of nitrogens with one attached hydrogen (secondary N) is 3. The van der Waals surface area contributed by atoms with Crippen LogP contribution in [0.2, 0.25) is 0 Å². The number of methoxy groups -OCH3 is 2. The Hall–Kier alpha value is -3.67. The second-order valence-electron chi connectivity index (χ2n) is 8.13. The highest BCUT2D eigenvalue weighted by atomic mass is 16.5. The minimum absolute atomic E-state index is 0.440. The molecular formula is C26H37N7O4. The molecule has 3 aromatic rings. The highest BCUT2D eigenvalue weighted by Gasteiger charge is 2.09. The van der Waals surface area contributed by atoms with E-state index in [1.54, 1.807) is 14.2 Å². The van der Waals surface area contributed by atoms with Crippen LogP contribution in [-0.2, 0) is 22.6 Å². The Balaban J connectivity index is 1.62. The third-order valence-electron chi connectivity index (χ3n) is 5.27. The molecule has 0 unspecified atom stereocenters. The Kier molecular flexibility index (Phi) is 11.6. The standard InChI is InChI=1S/C26H37N7O4/c1-19-4-6-20(7-5-19)17-29-25-31-24(28-11-13-37-15-14-36-12-10-27)32-26(33-25)30-18-21-8-9-22(34-2)23(16-21)35-3/h4-9,16H,10-15,17-18,27H2,1-3H3,(H3,28,29,30,31,32,33). The van der Waals surface area contributed by atoms with E-state index in [1.807, 2.05) is 18.2 Å². The molecule has 2 aromatic carbocycles. The van der Waals surface area contributed by atoms with E-state index in [4.69, 9.17) is 24.7 Å². The zero-order valence-corrected chi connectivity index (χ0v) is 21.8. The molecule has 0 aliphatic carbocycles. The number of benzene rings is 2. The largest absolute Gasteiger partial charge is 0.493 e. The van der Waals surface area contributed by atoms with E-state index in [2.05, 4.69) is 62.1 Å². The zero-order valence-electron chi connectivity index (χ0n) is 21.8. The second kappa shape index (κ2) is 15.4. The second-order valence-corrected chi connectivity index (χ2v) is 8.13. The summed E-state index contributed by atoms with van der Waals surface area (Å²) in [6.45, 7) is 6.21. The molecule has 0 spiro atoms. The van der Waals surface area contributed by atoms with Crippen molar-refractivity contribution in [3.63, 3.8) is 0 Å². The smallest absolute Gasteiger partial charge is 0.229 e. The lowest BCUT2D eigenvalue weighted by molar-refractivity contribution is 0.0547. The number of rotatable bonds is 17. The highest BCUT2D eigenvalue weighted by Crippen LogP contribution is 2.27. The van der Waals surface area contributed by atoms with Crippen LogP contribution in [0.25, 0.3) is 0 Å². The van der Waals surface area contributed by atoms with E-state index >= 15 is 0 Å². The van der Waals surface area contributed by atoms with Gasteiger partial charge in [-0.2, -0.15) is 15.0 Å². The summed E-state index contributed by atoms with van der Waals surface area (Å²) in [6, 6.07) is 14.0. The molecule has 0 saturated carbocycles. The molecule has 11 nitrogen and oxygen atoms in total. The quantitative estimate of drug-likeness (QED) is 0.199. The van der Waals surface area contributed by atoms with Crippen LogP contribution in [0.4, 0.5) is 17.8 Å². The topological polar surface area (TPSA) is 138 Å². The third-order valence-corrected chi connectivity index (χ3v) is 5.27. The molecule has 3 rings (SSSR count). The first kappa shape index (κ1) is 27.9. The van der Waals surface area contributed by atoms with Crippen molar-refractivity contribution in [3.8, 4) is 11.5 Å².